The zero-order chi connectivity index (χ0) is 16.1. The molecule has 4 heteroatoms. The summed E-state index contributed by atoms with van der Waals surface area (Å²) in [6.07, 6.45) is 2.73. The summed E-state index contributed by atoms with van der Waals surface area (Å²) in [4.78, 5) is 4.38. The summed E-state index contributed by atoms with van der Waals surface area (Å²) in [6.45, 7) is 0.837. The average Bonchev–Trinajstić information content (AvgIpc) is 2.61. The first-order chi connectivity index (χ1) is 11.3. The van der Waals surface area contributed by atoms with E-state index in [0.717, 1.165) is 41.1 Å². The Kier molecular flexibility index (Phi) is 4.62. The van der Waals surface area contributed by atoms with Crippen LogP contribution in [0, 0.1) is 0 Å². The summed E-state index contributed by atoms with van der Waals surface area (Å²) in [6, 6.07) is 16.2. The van der Waals surface area contributed by atoms with Crippen LogP contribution in [0.4, 0.5) is 5.69 Å². The van der Waals surface area contributed by atoms with E-state index in [1.54, 1.807) is 14.2 Å². The van der Waals surface area contributed by atoms with Gasteiger partial charge in [-0.15, -0.1) is 0 Å². The molecule has 0 aliphatic rings. The zero-order valence-electron chi connectivity index (χ0n) is 13.4. The molecule has 0 aliphatic heterocycles. The topological polar surface area (TPSA) is 43.4 Å². The smallest absolute Gasteiger partial charge is 0.160 e. The van der Waals surface area contributed by atoms with E-state index in [4.69, 9.17) is 9.47 Å². The monoisotopic (exact) mass is 308 g/mol. The third kappa shape index (κ3) is 3.37. The van der Waals surface area contributed by atoms with E-state index in [-0.39, 0.29) is 0 Å². The van der Waals surface area contributed by atoms with Gasteiger partial charge in [0, 0.05) is 23.8 Å². The van der Waals surface area contributed by atoms with Gasteiger partial charge >= 0.3 is 0 Å². The molecule has 23 heavy (non-hydrogen) atoms. The van der Waals surface area contributed by atoms with Gasteiger partial charge in [-0.05, 0) is 36.2 Å². The van der Waals surface area contributed by atoms with Gasteiger partial charge in [0.1, 0.15) is 0 Å². The van der Waals surface area contributed by atoms with E-state index < -0.39 is 0 Å². The van der Waals surface area contributed by atoms with Crippen LogP contribution in [0.5, 0.6) is 11.5 Å². The molecule has 3 aromatic rings. The lowest BCUT2D eigenvalue weighted by molar-refractivity contribution is 0.354. The van der Waals surface area contributed by atoms with E-state index in [1.165, 1.54) is 5.56 Å². The van der Waals surface area contributed by atoms with Gasteiger partial charge in [0.25, 0.3) is 0 Å². The Morgan fingerprint density at radius 2 is 1.78 bits per heavy atom. The molecule has 4 nitrogen and oxygen atoms in total. The fraction of sp³-hybridized carbons (Fsp3) is 0.211. The lowest BCUT2D eigenvalue weighted by Gasteiger charge is -2.11. The van der Waals surface area contributed by atoms with E-state index in [9.17, 15) is 0 Å². The minimum Gasteiger partial charge on any atom is -0.493 e. The molecule has 1 N–H and O–H groups in total. The number of benzene rings is 2. The van der Waals surface area contributed by atoms with Crippen molar-refractivity contribution in [2.24, 2.45) is 0 Å². The molecule has 1 heterocycles. The summed E-state index contributed by atoms with van der Waals surface area (Å²) in [5.74, 6) is 1.52. The third-order valence-corrected chi connectivity index (χ3v) is 3.83. The molecule has 1 aromatic heterocycles. The highest BCUT2D eigenvalue weighted by atomic mass is 16.5. The number of ether oxygens (including phenoxy) is 2. The first-order valence-corrected chi connectivity index (χ1v) is 7.60. The van der Waals surface area contributed by atoms with Crippen molar-refractivity contribution in [3.05, 3.63) is 60.3 Å². The van der Waals surface area contributed by atoms with E-state index in [0.29, 0.717) is 0 Å². The summed E-state index contributed by atoms with van der Waals surface area (Å²) < 4.78 is 10.6. The van der Waals surface area contributed by atoms with Gasteiger partial charge in [0.15, 0.2) is 11.5 Å². The van der Waals surface area contributed by atoms with E-state index >= 15 is 0 Å². The first kappa shape index (κ1) is 15.2. The van der Waals surface area contributed by atoms with Gasteiger partial charge in [-0.3, -0.25) is 4.98 Å². The number of nitrogens with zero attached hydrogens (tertiary/aromatic N) is 1. The van der Waals surface area contributed by atoms with Crippen LogP contribution in [0.1, 0.15) is 5.56 Å². The van der Waals surface area contributed by atoms with Gasteiger partial charge in [-0.2, -0.15) is 0 Å². The van der Waals surface area contributed by atoms with Gasteiger partial charge in [0.05, 0.1) is 19.7 Å². The maximum Gasteiger partial charge on any atom is 0.160 e. The Hall–Kier alpha value is -2.75. The third-order valence-electron chi connectivity index (χ3n) is 3.83. The molecular formula is C19H20N2O2. The number of aromatic nitrogens is 1. The van der Waals surface area contributed by atoms with Crippen molar-refractivity contribution >= 4 is 16.6 Å². The average molecular weight is 308 g/mol. The SMILES string of the molecule is COc1ccc(CCNc2ccnc3ccccc23)cc1OC. The molecule has 0 atom stereocenters. The number of methoxy groups -OCH3 is 2. The van der Waals surface area contributed by atoms with Crippen LogP contribution in [0.25, 0.3) is 10.9 Å². The molecule has 0 unspecified atom stereocenters. The predicted octanol–water partition coefficient (Wildman–Crippen LogP) is 3.91. The molecule has 0 radical (unpaired) electrons. The Balaban J connectivity index is 1.69. The lowest BCUT2D eigenvalue weighted by atomic mass is 10.1. The van der Waals surface area contributed by atoms with Crippen LogP contribution in [0.15, 0.2) is 54.7 Å². The Labute approximate surface area is 136 Å². The van der Waals surface area contributed by atoms with E-state index in [2.05, 4.69) is 22.4 Å². The Bertz CT molecular complexity index is 797. The molecule has 0 amide bonds. The number of fused-ring (bicyclic) bond motifs is 1. The summed E-state index contributed by atoms with van der Waals surface area (Å²) in [5.41, 5.74) is 3.31. The Morgan fingerprint density at radius 1 is 0.957 bits per heavy atom. The minimum atomic E-state index is 0.754. The molecule has 0 fully saturated rings. The van der Waals surface area contributed by atoms with Gasteiger partial charge < -0.3 is 14.8 Å². The largest absolute Gasteiger partial charge is 0.493 e. The van der Waals surface area contributed by atoms with Crippen molar-refractivity contribution in [3.8, 4) is 11.5 Å². The fourth-order valence-corrected chi connectivity index (χ4v) is 2.63. The zero-order valence-corrected chi connectivity index (χ0v) is 13.4. The van der Waals surface area contributed by atoms with Crippen LogP contribution in [-0.4, -0.2) is 25.7 Å². The van der Waals surface area contributed by atoms with Crippen molar-refractivity contribution in [3.63, 3.8) is 0 Å². The molecule has 2 aromatic carbocycles. The predicted molar refractivity (Wildman–Crippen MR) is 93.5 cm³/mol. The molecule has 118 valence electrons. The van der Waals surface area contributed by atoms with E-state index in [1.807, 2.05) is 42.6 Å². The molecule has 0 saturated heterocycles. The second-order valence-corrected chi connectivity index (χ2v) is 5.24. The molecular weight excluding hydrogens is 288 g/mol. The maximum atomic E-state index is 5.35. The minimum absolute atomic E-state index is 0.754. The van der Waals surface area contributed by atoms with Crippen LogP contribution in [0.3, 0.4) is 0 Å². The second kappa shape index (κ2) is 7.01. The number of anilines is 1. The number of rotatable bonds is 6. The lowest BCUT2D eigenvalue weighted by Crippen LogP contribution is -2.05. The summed E-state index contributed by atoms with van der Waals surface area (Å²) >= 11 is 0. The van der Waals surface area contributed by atoms with Crippen LogP contribution < -0.4 is 14.8 Å². The second-order valence-electron chi connectivity index (χ2n) is 5.24. The highest BCUT2D eigenvalue weighted by Gasteiger charge is 2.05. The number of hydrogen-bond acceptors (Lipinski definition) is 4. The first-order valence-electron chi connectivity index (χ1n) is 7.60. The van der Waals surface area contributed by atoms with Gasteiger partial charge in [0.2, 0.25) is 0 Å². The maximum absolute atomic E-state index is 5.35. The number of pyridine rings is 1. The quantitative estimate of drug-likeness (QED) is 0.750. The molecule has 0 saturated carbocycles. The molecule has 0 bridgehead atoms. The number of nitrogens with one attached hydrogen (secondary N) is 1. The van der Waals surface area contributed by atoms with Crippen LogP contribution in [0.2, 0.25) is 0 Å². The van der Waals surface area contributed by atoms with Crippen molar-refractivity contribution in [1.29, 1.82) is 0 Å². The normalized spacial score (nSPS) is 10.5. The van der Waals surface area contributed by atoms with Crippen molar-refractivity contribution in [2.75, 3.05) is 26.1 Å². The van der Waals surface area contributed by atoms with Crippen molar-refractivity contribution in [2.45, 2.75) is 6.42 Å². The number of hydrogen-bond donors (Lipinski definition) is 1. The molecule has 0 aliphatic carbocycles. The molecule has 3 rings (SSSR count). The number of para-hydroxylation sites is 1. The molecule has 0 spiro atoms. The summed E-state index contributed by atoms with van der Waals surface area (Å²) in [5, 5.41) is 4.63. The summed E-state index contributed by atoms with van der Waals surface area (Å²) in [7, 11) is 3.30. The Morgan fingerprint density at radius 3 is 2.61 bits per heavy atom. The standard InChI is InChI=1S/C19H20N2O2/c1-22-18-8-7-14(13-19(18)23-2)9-11-20-17-10-12-21-16-6-4-3-5-15(16)17/h3-8,10,12-13H,9,11H2,1-2H3,(H,20,21). The fourth-order valence-electron chi connectivity index (χ4n) is 2.63. The van der Waals surface area contributed by atoms with Crippen LogP contribution >= 0.6 is 0 Å². The van der Waals surface area contributed by atoms with Crippen LogP contribution in [-0.2, 0) is 6.42 Å². The highest BCUT2D eigenvalue weighted by Crippen LogP contribution is 2.28. The van der Waals surface area contributed by atoms with Gasteiger partial charge in [-0.25, -0.2) is 0 Å². The van der Waals surface area contributed by atoms with Gasteiger partial charge in [-0.1, -0.05) is 24.3 Å². The highest BCUT2D eigenvalue weighted by molar-refractivity contribution is 5.90. The van der Waals surface area contributed by atoms with Crippen molar-refractivity contribution in [1.82, 2.24) is 4.98 Å². The van der Waals surface area contributed by atoms with Crippen molar-refractivity contribution < 1.29 is 9.47 Å².